The van der Waals surface area contributed by atoms with Crippen LogP contribution in [0.2, 0.25) is 10.0 Å². The van der Waals surface area contributed by atoms with Gasteiger partial charge in [0.05, 0.1) is 10.7 Å². The number of aromatic amines is 1. The van der Waals surface area contributed by atoms with Crippen LogP contribution < -0.4 is 11.0 Å². The highest BCUT2D eigenvalue weighted by molar-refractivity contribution is 6.33. The highest BCUT2D eigenvalue weighted by Crippen LogP contribution is 2.26. The Labute approximate surface area is 172 Å². The summed E-state index contributed by atoms with van der Waals surface area (Å²) < 4.78 is 38.1. The van der Waals surface area contributed by atoms with E-state index >= 15 is 0 Å². The van der Waals surface area contributed by atoms with E-state index in [4.69, 9.17) is 23.2 Å². The number of amides is 1. The van der Waals surface area contributed by atoms with Crippen molar-refractivity contribution in [3.63, 3.8) is 0 Å². The van der Waals surface area contributed by atoms with E-state index in [2.05, 4.69) is 10.1 Å². The zero-order valence-corrected chi connectivity index (χ0v) is 16.3. The molecule has 1 amide bonds. The van der Waals surface area contributed by atoms with Crippen molar-refractivity contribution >= 4 is 29.1 Å². The van der Waals surface area contributed by atoms with Gasteiger partial charge in [-0.05, 0) is 48.4 Å². The first-order valence-electron chi connectivity index (χ1n) is 8.16. The highest BCUT2D eigenvalue weighted by Gasteiger charge is 2.38. The SMILES string of the molecule is Cc1cc(-n2nc(-c3cc(CNC(=O)C(F)(F)F)ccc3Cl)[nH]c2=O)ccc1Cl. The van der Waals surface area contributed by atoms with E-state index in [1.54, 1.807) is 30.4 Å². The summed E-state index contributed by atoms with van der Waals surface area (Å²) in [6.07, 6.45) is -4.98. The summed E-state index contributed by atoms with van der Waals surface area (Å²) >= 11 is 12.2. The maximum Gasteiger partial charge on any atom is 0.471 e. The normalized spacial score (nSPS) is 11.5. The van der Waals surface area contributed by atoms with Crippen molar-refractivity contribution in [2.24, 2.45) is 0 Å². The molecule has 0 unspecified atom stereocenters. The van der Waals surface area contributed by atoms with Crippen LogP contribution in [0.25, 0.3) is 17.1 Å². The molecule has 0 spiro atoms. The van der Waals surface area contributed by atoms with Gasteiger partial charge in [-0.2, -0.15) is 17.9 Å². The minimum Gasteiger partial charge on any atom is -0.344 e. The Balaban J connectivity index is 1.92. The molecule has 2 aromatic carbocycles. The van der Waals surface area contributed by atoms with Gasteiger partial charge in [-0.3, -0.25) is 9.78 Å². The molecule has 0 saturated heterocycles. The van der Waals surface area contributed by atoms with Crippen molar-refractivity contribution in [1.29, 1.82) is 0 Å². The largest absolute Gasteiger partial charge is 0.471 e. The Morgan fingerprint density at radius 3 is 2.52 bits per heavy atom. The number of carbonyl (C=O) groups excluding carboxylic acids is 1. The number of H-pyrrole nitrogens is 1. The molecule has 0 atom stereocenters. The third-order valence-corrected chi connectivity index (χ3v) is 4.75. The first kappa shape index (κ1) is 20.9. The van der Waals surface area contributed by atoms with E-state index in [1.165, 1.54) is 18.2 Å². The molecule has 3 rings (SSSR count). The third-order valence-electron chi connectivity index (χ3n) is 4.00. The van der Waals surface area contributed by atoms with Gasteiger partial charge in [0.1, 0.15) is 0 Å². The van der Waals surface area contributed by atoms with Gasteiger partial charge < -0.3 is 5.32 Å². The monoisotopic (exact) mass is 444 g/mol. The number of aromatic nitrogens is 3. The zero-order chi connectivity index (χ0) is 21.3. The lowest BCUT2D eigenvalue weighted by Crippen LogP contribution is -2.36. The molecule has 2 N–H and O–H groups in total. The van der Waals surface area contributed by atoms with Crippen LogP contribution in [0.4, 0.5) is 13.2 Å². The zero-order valence-electron chi connectivity index (χ0n) is 14.8. The van der Waals surface area contributed by atoms with E-state index in [-0.39, 0.29) is 17.4 Å². The Morgan fingerprint density at radius 1 is 1.17 bits per heavy atom. The van der Waals surface area contributed by atoms with E-state index in [0.717, 1.165) is 10.2 Å². The molecule has 0 fully saturated rings. The van der Waals surface area contributed by atoms with Crippen molar-refractivity contribution < 1.29 is 18.0 Å². The van der Waals surface area contributed by atoms with E-state index < -0.39 is 17.8 Å². The van der Waals surface area contributed by atoms with Gasteiger partial charge >= 0.3 is 17.8 Å². The second kappa shape index (κ2) is 7.92. The fraction of sp³-hybridized carbons (Fsp3) is 0.167. The van der Waals surface area contributed by atoms with Gasteiger partial charge in [-0.1, -0.05) is 29.3 Å². The first-order valence-corrected chi connectivity index (χ1v) is 8.91. The minimum atomic E-state index is -4.98. The average Bonchev–Trinajstić information content (AvgIpc) is 3.03. The minimum absolute atomic E-state index is 0.122. The third kappa shape index (κ3) is 4.63. The van der Waals surface area contributed by atoms with Gasteiger partial charge in [-0.25, -0.2) is 4.79 Å². The molecule has 0 bridgehead atoms. The van der Waals surface area contributed by atoms with Crippen LogP contribution in [0, 0.1) is 6.92 Å². The van der Waals surface area contributed by atoms with E-state index in [9.17, 15) is 22.8 Å². The molecule has 152 valence electrons. The molecule has 0 saturated carbocycles. The molecule has 0 aliphatic heterocycles. The number of hydrogen-bond acceptors (Lipinski definition) is 3. The van der Waals surface area contributed by atoms with Crippen molar-refractivity contribution in [3.05, 3.63) is 68.1 Å². The molecule has 1 heterocycles. The molecule has 0 aliphatic carbocycles. The summed E-state index contributed by atoms with van der Waals surface area (Å²) in [5.41, 5.74) is 1.34. The number of aryl methyl sites for hydroxylation is 1. The van der Waals surface area contributed by atoms with Crippen LogP contribution in [0.1, 0.15) is 11.1 Å². The molecule has 29 heavy (non-hydrogen) atoms. The predicted octanol–water partition coefficient (Wildman–Crippen LogP) is 4.02. The fourth-order valence-electron chi connectivity index (χ4n) is 2.53. The van der Waals surface area contributed by atoms with Crippen LogP contribution in [0.15, 0.2) is 41.2 Å². The number of nitrogens with zero attached hydrogens (tertiary/aromatic N) is 2. The van der Waals surface area contributed by atoms with Crippen molar-refractivity contribution in [2.45, 2.75) is 19.6 Å². The smallest absolute Gasteiger partial charge is 0.344 e. The van der Waals surface area contributed by atoms with Crippen LogP contribution in [0.5, 0.6) is 0 Å². The number of hydrogen-bond donors (Lipinski definition) is 2. The number of benzene rings is 2. The molecule has 3 aromatic rings. The number of rotatable bonds is 4. The Kier molecular flexibility index (Phi) is 5.72. The average molecular weight is 445 g/mol. The lowest BCUT2D eigenvalue weighted by molar-refractivity contribution is -0.173. The second-order valence-electron chi connectivity index (χ2n) is 6.12. The van der Waals surface area contributed by atoms with Crippen LogP contribution in [0.3, 0.4) is 0 Å². The number of carbonyl (C=O) groups is 1. The van der Waals surface area contributed by atoms with E-state index in [0.29, 0.717) is 21.8 Å². The number of alkyl halides is 3. The maximum absolute atomic E-state index is 12.3. The van der Waals surface area contributed by atoms with Crippen LogP contribution >= 0.6 is 23.2 Å². The summed E-state index contributed by atoms with van der Waals surface area (Å²) in [6, 6.07) is 9.26. The highest BCUT2D eigenvalue weighted by atomic mass is 35.5. The van der Waals surface area contributed by atoms with Gasteiger partial charge in [0.25, 0.3) is 0 Å². The maximum atomic E-state index is 12.3. The van der Waals surface area contributed by atoms with Gasteiger partial charge in [0.15, 0.2) is 5.82 Å². The Hall–Kier alpha value is -2.78. The molecule has 6 nitrogen and oxygen atoms in total. The summed E-state index contributed by atoms with van der Waals surface area (Å²) in [7, 11) is 0. The Morgan fingerprint density at radius 2 is 1.86 bits per heavy atom. The van der Waals surface area contributed by atoms with Gasteiger partial charge in [-0.15, -0.1) is 5.10 Å². The Bertz CT molecular complexity index is 1140. The molecule has 1 aromatic heterocycles. The van der Waals surface area contributed by atoms with E-state index in [1.807, 2.05) is 0 Å². The summed E-state index contributed by atoms with van der Waals surface area (Å²) in [6.45, 7) is 1.41. The molecule has 11 heteroatoms. The lowest BCUT2D eigenvalue weighted by atomic mass is 10.1. The van der Waals surface area contributed by atoms with Crippen LogP contribution in [-0.2, 0) is 11.3 Å². The molecule has 0 aliphatic rings. The predicted molar refractivity (Wildman–Crippen MR) is 102 cm³/mol. The van der Waals surface area contributed by atoms with Crippen molar-refractivity contribution in [3.8, 4) is 17.1 Å². The standard InChI is InChI=1S/C18H13Cl2F3N4O2/c1-9-6-11(3-5-13(9)19)27-17(29)25-15(26-27)12-7-10(2-4-14(12)20)8-24-16(28)18(21,22)23/h2-7H,8H2,1H3,(H,24,28)(H,25,26,29). The van der Waals surface area contributed by atoms with Crippen molar-refractivity contribution in [2.75, 3.05) is 0 Å². The molecular weight excluding hydrogens is 432 g/mol. The van der Waals surface area contributed by atoms with Crippen molar-refractivity contribution in [1.82, 2.24) is 20.1 Å². The number of nitrogens with one attached hydrogen (secondary N) is 2. The van der Waals surface area contributed by atoms with Gasteiger partial charge in [0.2, 0.25) is 0 Å². The second-order valence-corrected chi connectivity index (χ2v) is 6.93. The summed E-state index contributed by atoms with van der Waals surface area (Å²) in [4.78, 5) is 25.9. The summed E-state index contributed by atoms with van der Waals surface area (Å²) in [5.74, 6) is -1.93. The molecule has 0 radical (unpaired) electrons. The lowest BCUT2D eigenvalue weighted by Gasteiger charge is -2.09. The quantitative estimate of drug-likeness (QED) is 0.637. The fourth-order valence-corrected chi connectivity index (χ4v) is 2.85. The summed E-state index contributed by atoms with van der Waals surface area (Å²) in [5, 5.41) is 6.75. The number of halogens is 5. The van der Waals surface area contributed by atoms with Gasteiger partial charge in [0, 0.05) is 17.1 Å². The first-order chi connectivity index (χ1) is 13.6. The topological polar surface area (TPSA) is 79.8 Å². The molecular formula is C18H13Cl2F3N4O2. The van der Waals surface area contributed by atoms with Crippen LogP contribution in [-0.4, -0.2) is 26.8 Å².